The monoisotopic (exact) mass is 236 g/mol. The minimum atomic E-state index is -0.383. The Kier molecular flexibility index (Phi) is 3.46. The Balaban J connectivity index is 2.07. The molecule has 0 aromatic heterocycles. The van der Waals surface area contributed by atoms with Crippen molar-refractivity contribution in [3.8, 4) is 0 Å². The van der Waals surface area contributed by atoms with Gasteiger partial charge in [0.25, 0.3) is 6.20 Å². The van der Waals surface area contributed by atoms with E-state index in [1.165, 1.54) is 5.56 Å². The summed E-state index contributed by atoms with van der Waals surface area (Å²) >= 11 is 1.54. The third-order valence-electron chi connectivity index (χ3n) is 2.35. The van der Waals surface area contributed by atoms with Crippen LogP contribution in [0.3, 0.4) is 0 Å². The molecule has 0 atom stereocenters. The molecule has 1 fully saturated rings. The lowest BCUT2D eigenvalue weighted by atomic mass is 10.2. The van der Waals surface area contributed by atoms with Crippen molar-refractivity contribution < 1.29 is 4.92 Å². The van der Waals surface area contributed by atoms with Crippen LogP contribution in [0.1, 0.15) is 5.56 Å². The van der Waals surface area contributed by atoms with Crippen molar-refractivity contribution in [2.75, 3.05) is 12.3 Å². The number of hydrogen-bond donors (Lipinski definition) is 0. The molecule has 0 N–H and O–H groups in total. The molecule has 1 aromatic carbocycles. The summed E-state index contributed by atoms with van der Waals surface area (Å²) in [5, 5.41) is 11.2. The third kappa shape index (κ3) is 2.76. The van der Waals surface area contributed by atoms with Gasteiger partial charge < -0.3 is 4.90 Å². The second-order valence-corrected chi connectivity index (χ2v) is 4.62. The summed E-state index contributed by atoms with van der Waals surface area (Å²) in [4.78, 5) is 12.1. The van der Waals surface area contributed by atoms with E-state index in [9.17, 15) is 10.1 Å². The van der Waals surface area contributed by atoms with Crippen LogP contribution in [0.4, 0.5) is 0 Å². The van der Waals surface area contributed by atoms with Gasteiger partial charge in [-0.15, -0.1) is 11.8 Å². The highest BCUT2D eigenvalue weighted by Crippen LogP contribution is 2.28. The topological polar surface area (TPSA) is 46.4 Å². The molecule has 0 amide bonds. The van der Waals surface area contributed by atoms with Crippen molar-refractivity contribution >= 4 is 11.8 Å². The Hall–Kier alpha value is -1.49. The summed E-state index contributed by atoms with van der Waals surface area (Å²) in [6, 6.07) is 10.0. The standard InChI is InChI=1S/C11H12N2O2S/c14-13(15)9-11-12(6-7-16-11)8-10-4-2-1-3-5-10/h1-5,9H,6-8H2. The first kappa shape index (κ1) is 11.0. The first-order chi connectivity index (χ1) is 7.75. The highest BCUT2D eigenvalue weighted by atomic mass is 32.2. The molecule has 16 heavy (non-hydrogen) atoms. The molecule has 4 nitrogen and oxygen atoms in total. The highest BCUT2D eigenvalue weighted by molar-refractivity contribution is 8.03. The molecule has 2 rings (SSSR count). The molecule has 0 radical (unpaired) electrons. The van der Waals surface area contributed by atoms with E-state index >= 15 is 0 Å². The molecule has 1 aliphatic heterocycles. The fourth-order valence-electron chi connectivity index (χ4n) is 1.63. The van der Waals surface area contributed by atoms with Gasteiger partial charge >= 0.3 is 0 Å². The summed E-state index contributed by atoms with van der Waals surface area (Å²) in [7, 11) is 0. The van der Waals surface area contributed by atoms with Crippen LogP contribution in [0.2, 0.25) is 0 Å². The number of nitro groups is 1. The summed E-state index contributed by atoms with van der Waals surface area (Å²) in [6.45, 7) is 1.62. The van der Waals surface area contributed by atoms with E-state index in [1.807, 2.05) is 35.2 Å². The number of hydrogen-bond acceptors (Lipinski definition) is 4. The van der Waals surface area contributed by atoms with Gasteiger partial charge in [-0.2, -0.15) is 0 Å². The summed E-state index contributed by atoms with van der Waals surface area (Å²) in [5.41, 5.74) is 1.18. The van der Waals surface area contributed by atoms with Gasteiger partial charge in [0.2, 0.25) is 0 Å². The lowest BCUT2D eigenvalue weighted by Gasteiger charge is -2.17. The van der Waals surface area contributed by atoms with E-state index in [4.69, 9.17) is 0 Å². The van der Waals surface area contributed by atoms with Crippen LogP contribution >= 0.6 is 11.8 Å². The fourth-order valence-corrected chi connectivity index (χ4v) is 2.65. The smallest absolute Gasteiger partial charge is 0.264 e. The average Bonchev–Trinajstić information content (AvgIpc) is 2.66. The fraction of sp³-hybridized carbons (Fsp3) is 0.273. The largest absolute Gasteiger partial charge is 0.356 e. The van der Waals surface area contributed by atoms with Gasteiger partial charge in [0.05, 0.1) is 4.92 Å². The van der Waals surface area contributed by atoms with E-state index in [1.54, 1.807) is 11.8 Å². The van der Waals surface area contributed by atoms with Gasteiger partial charge in [0.15, 0.2) is 0 Å². The summed E-state index contributed by atoms with van der Waals surface area (Å²) in [5.74, 6) is 0.923. The third-order valence-corrected chi connectivity index (χ3v) is 3.40. The van der Waals surface area contributed by atoms with E-state index in [0.717, 1.165) is 30.1 Å². The predicted molar refractivity (Wildman–Crippen MR) is 64.4 cm³/mol. The van der Waals surface area contributed by atoms with Gasteiger partial charge in [-0.3, -0.25) is 10.1 Å². The maximum absolute atomic E-state index is 10.4. The second-order valence-electron chi connectivity index (χ2n) is 3.51. The Morgan fingerprint density at radius 2 is 2.19 bits per heavy atom. The Bertz CT molecular complexity index is 406. The van der Waals surface area contributed by atoms with E-state index in [2.05, 4.69) is 0 Å². The zero-order valence-corrected chi connectivity index (χ0v) is 9.52. The minimum absolute atomic E-state index is 0.383. The first-order valence-corrected chi connectivity index (χ1v) is 6.01. The van der Waals surface area contributed by atoms with Crippen molar-refractivity contribution in [1.29, 1.82) is 0 Å². The van der Waals surface area contributed by atoms with Crippen LogP contribution in [-0.4, -0.2) is 22.1 Å². The molecule has 0 bridgehead atoms. The van der Waals surface area contributed by atoms with Gasteiger partial charge in [-0.1, -0.05) is 30.3 Å². The minimum Gasteiger partial charge on any atom is -0.356 e. The van der Waals surface area contributed by atoms with E-state index < -0.39 is 0 Å². The molecule has 0 unspecified atom stereocenters. The zero-order chi connectivity index (χ0) is 11.4. The molecule has 0 spiro atoms. The molecule has 5 heteroatoms. The van der Waals surface area contributed by atoms with E-state index in [0.29, 0.717) is 0 Å². The van der Waals surface area contributed by atoms with Crippen LogP contribution < -0.4 is 0 Å². The normalized spacial score (nSPS) is 18.0. The molecule has 0 aliphatic carbocycles. The van der Waals surface area contributed by atoms with Crippen LogP contribution in [0, 0.1) is 10.1 Å². The van der Waals surface area contributed by atoms with Gasteiger partial charge in [-0.25, -0.2) is 0 Å². The highest BCUT2D eigenvalue weighted by Gasteiger charge is 2.20. The maximum Gasteiger partial charge on any atom is 0.264 e. The van der Waals surface area contributed by atoms with E-state index in [-0.39, 0.29) is 4.92 Å². The summed E-state index contributed by atoms with van der Waals surface area (Å²) < 4.78 is 0. The zero-order valence-electron chi connectivity index (χ0n) is 8.70. The number of nitrogens with zero attached hydrogens (tertiary/aromatic N) is 2. The average molecular weight is 236 g/mol. The summed E-state index contributed by atoms with van der Waals surface area (Å²) in [6.07, 6.45) is 1.10. The number of thioether (sulfide) groups is 1. The molecule has 1 saturated heterocycles. The Labute approximate surface area is 98.1 Å². The number of rotatable bonds is 3. The van der Waals surface area contributed by atoms with Gasteiger partial charge in [0, 0.05) is 18.8 Å². The lowest BCUT2D eigenvalue weighted by molar-refractivity contribution is -0.403. The van der Waals surface area contributed by atoms with Gasteiger partial charge in [-0.05, 0) is 5.56 Å². The lowest BCUT2D eigenvalue weighted by Crippen LogP contribution is -2.18. The van der Waals surface area contributed by atoms with Crippen LogP contribution in [0.5, 0.6) is 0 Å². The Morgan fingerprint density at radius 1 is 1.44 bits per heavy atom. The molecular formula is C11H12N2O2S. The quantitative estimate of drug-likeness (QED) is 0.597. The van der Waals surface area contributed by atoms with Crippen molar-refractivity contribution in [3.63, 3.8) is 0 Å². The molecule has 1 aromatic rings. The van der Waals surface area contributed by atoms with Crippen LogP contribution in [0.15, 0.2) is 41.6 Å². The molecule has 0 saturated carbocycles. The SMILES string of the molecule is O=[N+]([O-])C=C1SCCN1Cc1ccccc1. The first-order valence-electron chi connectivity index (χ1n) is 5.03. The second kappa shape index (κ2) is 5.03. The Morgan fingerprint density at radius 3 is 2.88 bits per heavy atom. The van der Waals surface area contributed by atoms with Crippen molar-refractivity contribution in [2.45, 2.75) is 6.54 Å². The van der Waals surface area contributed by atoms with Gasteiger partial charge in [0.1, 0.15) is 5.03 Å². The molecule has 1 heterocycles. The van der Waals surface area contributed by atoms with Crippen LogP contribution in [-0.2, 0) is 6.54 Å². The predicted octanol–water partition coefficient (Wildman–Crippen LogP) is 2.31. The van der Waals surface area contributed by atoms with Crippen LogP contribution in [0.25, 0.3) is 0 Å². The van der Waals surface area contributed by atoms with Crippen molar-refractivity contribution in [3.05, 3.63) is 57.2 Å². The molecule has 84 valence electrons. The number of benzene rings is 1. The van der Waals surface area contributed by atoms with Crippen molar-refractivity contribution in [2.24, 2.45) is 0 Å². The van der Waals surface area contributed by atoms with Crippen molar-refractivity contribution in [1.82, 2.24) is 4.90 Å². The molecule has 1 aliphatic rings. The maximum atomic E-state index is 10.4. The molecular weight excluding hydrogens is 224 g/mol.